The minimum atomic E-state index is -4.39. The molecule has 0 spiro atoms. The number of phosphoric ester groups is 1. The van der Waals surface area contributed by atoms with Crippen molar-refractivity contribution in [2.45, 2.75) is 212 Å². The third-order valence-electron chi connectivity index (χ3n) is 10.6. The topological polar surface area (TPSA) is 121 Å². The van der Waals surface area contributed by atoms with Crippen molar-refractivity contribution in [2.75, 3.05) is 47.5 Å². The molecule has 0 aliphatic carbocycles. The zero-order valence-corrected chi connectivity index (χ0v) is 39.3. The van der Waals surface area contributed by atoms with Gasteiger partial charge in [-0.2, -0.15) is 0 Å². The molecule has 0 aromatic heterocycles. The zero-order valence-electron chi connectivity index (χ0n) is 38.4. The van der Waals surface area contributed by atoms with Crippen LogP contribution in [0.1, 0.15) is 194 Å². The summed E-state index contributed by atoms with van der Waals surface area (Å²) in [7, 11) is 1.44. The van der Waals surface area contributed by atoms with Crippen molar-refractivity contribution in [3.05, 3.63) is 36.5 Å². The van der Waals surface area contributed by atoms with Gasteiger partial charge in [-0.1, -0.05) is 166 Å². The maximum atomic E-state index is 12.7. The van der Waals surface area contributed by atoms with Crippen LogP contribution in [-0.2, 0) is 37.4 Å². The fourth-order valence-corrected chi connectivity index (χ4v) is 7.44. The molecule has 59 heavy (non-hydrogen) atoms. The molecule has 1 aliphatic rings. The molecular weight excluding hydrogens is 766 g/mol. The van der Waals surface area contributed by atoms with Gasteiger partial charge in [0.05, 0.1) is 40.0 Å². The molecule has 1 saturated heterocycles. The Morgan fingerprint density at radius 3 is 1.66 bits per heavy atom. The molecule has 1 aliphatic heterocycles. The molecule has 0 amide bonds. The predicted molar refractivity (Wildman–Crippen MR) is 242 cm³/mol. The summed E-state index contributed by atoms with van der Waals surface area (Å²) < 4.78 is 40.1. The Balaban J connectivity index is 2.28. The van der Waals surface area contributed by atoms with Crippen LogP contribution in [0.2, 0.25) is 0 Å². The van der Waals surface area contributed by atoms with Gasteiger partial charge in [0.2, 0.25) is 0 Å². The van der Waals surface area contributed by atoms with Crippen molar-refractivity contribution in [3.8, 4) is 0 Å². The number of allylic oxidation sites excluding steroid dienone is 4. The van der Waals surface area contributed by atoms with Crippen molar-refractivity contribution in [3.63, 3.8) is 0 Å². The molecule has 11 heteroatoms. The number of nitrogens with zero attached hydrogens (tertiary/aromatic N) is 1. The van der Waals surface area contributed by atoms with Gasteiger partial charge in [-0.15, -0.1) is 0 Å². The van der Waals surface area contributed by atoms with E-state index in [1.165, 1.54) is 109 Å². The van der Waals surface area contributed by atoms with Crippen LogP contribution in [0, 0.1) is 0 Å². The zero-order chi connectivity index (χ0) is 43.3. The van der Waals surface area contributed by atoms with Gasteiger partial charge in [0.15, 0.2) is 6.10 Å². The summed E-state index contributed by atoms with van der Waals surface area (Å²) in [5.74, 6) is -0.864. The van der Waals surface area contributed by atoms with Crippen molar-refractivity contribution >= 4 is 19.8 Å². The van der Waals surface area contributed by atoms with Crippen molar-refractivity contribution < 1.29 is 46.8 Å². The molecular formula is C48H89NO9P+. The first-order valence-electron chi connectivity index (χ1n) is 23.8. The van der Waals surface area contributed by atoms with Crippen LogP contribution >= 0.6 is 7.82 Å². The van der Waals surface area contributed by atoms with Crippen LogP contribution in [0.5, 0.6) is 0 Å². The number of unbranched alkanes of at least 4 members (excludes halogenated alkanes) is 20. The van der Waals surface area contributed by atoms with Gasteiger partial charge in [-0.3, -0.25) is 18.6 Å². The number of quaternary nitrogens is 1. The number of epoxide rings is 1. The number of carbonyl (C=O) groups excluding carboxylic acids is 2. The first kappa shape index (κ1) is 55.2. The molecule has 4 atom stereocenters. The summed E-state index contributed by atoms with van der Waals surface area (Å²) in [4.78, 5) is 35.5. The highest BCUT2D eigenvalue weighted by Gasteiger charge is 2.36. The SMILES string of the molecule is CCCCC/C=C\CC1OC1C/C=C\C/C=C\CCCC(=O)O[C@H](COC(=O)CCCCCCCCCCCCCCCCCCC)COP(=O)(O)OCC[N+](C)(C)C. The van der Waals surface area contributed by atoms with Crippen LogP contribution in [0.15, 0.2) is 36.5 Å². The van der Waals surface area contributed by atoms with Gasteiger partial charge in [0.1, 0.15) is 19.8 Å². The monoisotopic (exact) mass is 855 g/mol. The first-order chi connectivity index (χ1) is 28.5. The van der Waals surface area contributed by atoms with E-state index in [1.54, 1.807) is 0 Å². The number of phosphoric acid groups is 1. The van der Waals surface area contributed by atoms with E-state index in [0.717, 1.165) is 44.9 Å². The summed E-state index contributed by atoms with van der Waals surface area (Å²) >= 11 is 0. The van der Waals surface area contributed by atoms with Crippen molar-refractivity contribution in [2.24, 2.45) is 0 Å². The second-order valence-corrected chi connectivity index (χ2v) is 19.0. The van der Waals surface area contributed by atoms with Crippen LogP contribution in [0.3, 0.4) is 0 Å². The minimum Gasteiger partial charge on any atom is -0.462 e. The maximum Gasteiger partial charge on any atom is 0.472 e. The number of rotatable bonds is 42. The van der Waals surface area contributed by atoms with E-state index < -0.39 is 26.5 Å². The third-order valence-corrected chi connectivity index (χ3v) is 11.6. The third kappa shape index (κ3) is 37.7. The fraction of sp³-hybridized carbons (Fsp3) is 0.833. The number of ether oxygens (including phenoxy) is 3. The van der Waals surface area contributed by atoms with Gasteiger partial charge in [0.25, 0.3) is 0 Å². The number of carbonyl (C=O) groups is 2. The van der Waals surface area contributed by atoms with E-state index in [9.17, 15) is 19.0 Å². The molecule has 344 valence electrons. The lowest BCUT2D eigenvalue weighted by atomic mass is 10.0. The van der Waals surface area contributed by atoms with Gasteiger partial charge in [0, 0.05) is 12.8 Å². The molecule has 1 rings (SSSR count). The largest absolute Gasteiger partial charge is 0.472 e. The Morgan fingerprint density at radius 1 is 0.610 bits per heavy atom. The van der Waals surface area contributed by atoms with E-state index in [0.29, 0.717) is 36.1 Å². The van der Waals surface area contributed by atoms with E-state index in [4.69, 9.17) is 23.3 Å². The van der Waals surface area contributed by atoms with Gasteiger partial charge in [-0.25, -0.2) is 4.57 Å². The molecule has 3 unspecified atom stereocenters. The quantitative estimate of drug-likeness (QED) is 0.0160. The smallest absolute Gasteiger partial charge is 0.462 e. The second-order valence-electron chi connectivity index (χ2n) is 17.5. The highest BCUT2D eigenvalue weighted by Crippen LogP contribution is 2.43. The molecule has 1 heterocycles. The summed E-state index contributed by atoms with van der Waals surface area (Å²) in [6.45, 7) is 4.33. The molecule has 1 N–H and O–H groups in total. The average molecular weight is 855 g/mol. The Kier molecular flexibility index (Phi) is 34.4. The molecule has 10 nitrogen and oxygen atoms in total. The minimum absolute atomic E-state index is 0.0198. The van der Waals surface area contributed by atoms with E-state index in [1.807, 2.05) is 21.1 Å². The van der Waals surface area contributed by atoms with Gasteiger partial charge in [-0.05, 0) is 51.4 Å². The van der Waals surface area contributed by atoms with Crippen molar-refractivity contribution in [1.82, 2.24) is 0 Å². The summed E-state index contributed by atoms with van der Waals surface area (Å²) in [5, 5.41) is 0. The summed E-state index contributed by atoms with van der Waals surface area (Å²) in [5.41, 5.74) is 0. The number of hydrogen-bond donors (Lipinski definition) is 1. The van der Waals surface area contributed by atoms with Gasteiger partial charge >= 0.3 is 19.8 Å². The van der Waals surface area contributed by atoms with Crippen molar-refractivity contribution in [1.29, 1.82) is 0 Å². The standard InChI is InChI=1S/C48H88NO9P/c1-6-8-10-12-14-15-16-17-18-19-20-21-22-23-26-30-34-38-47(50)54-42-44(43-56-59(52,53)55-41-40-49(3,4)5)57-48(51)39-35-31-27-24-25-29-33-37-46-45(58-46)36-32-28-13-11-9-7-2/h24,27-29,32-33,44-46H,6-23,25-26,30-31,34-43H2,1-5H3/p+1/b27-24-,32-28-,33-29-/t44-,45?,46?/m1/s1. The fourth-order valence-electron chi connectivity index (χ4n) is 6.70. The normalized spacial score (nSPS) is 17.3. The number of likely N-dealkylation sites (N-methyl/N-ethyl adjacent to an activating group) is 1. The van der Waals surface area contributed by atoms with Crippen LogP contribution in [0.4, 0.5) is 0 Å². The summed E-state index contributed by atoms with van der Waals surface area (Å²) in [6, 6.07) is 0. The molecule has 0 aromatic carbocycles. The Labute approximate surface area is 361 Å². The number of esters is 2. The molecule has 0 aromatic rings. The number of hydrogen-bond acceptors (Lipinski definition) is 8. The lowest BCUT2D eigenvalue weighted by molar-refractivity contribution is -0.870. The molecule has 0 saturated carbocycles. The Bertz CT molecular complexity index is 1170. The molecule has 1 fully saturated rings. The Morgan fingerprint density at radius 2 is 1.08 bits per heavy atom. The Hall–Kier alpha value is -1.81. The van der Waals surface area contributed by atoms with Gasteiger partial charge < -0.3 is 23.6 Å². The first-order valence-corrected chi connectivity index (χ1v) is 25.3. The van der Waals surface area contributed by atoms with Crippen LogP contribution in [-0.4, -0.2) is 87.1 Å². The van der Waals surface area contributed by atoms with Crippen LogP contribution in [0.25, 0.3) is 0 Å². The maximum absolute atomic E-state index is 12.7. The highest BCUT2D eigenvalue weighted by molar-refractivity contribution is 7.47. The second kappa shape index (κ2) is 36.8. The lowest BCUT2D eigenvalue weighted by Gasteiger charge is -2.24. The average Bonchev–Trinajstić information content (AvgIpc) is 3.94. The molecule has 0 radical (unpaired) electrons. The van der Waals surface area contributed by atoms with E-state index >= 15 is 0 Å². The summed E-state index contributed by atoms with van der Waals surface area (Å²) in [6.07, 6.45) is 43.7. The predicted octanol–water partition coefficient (Wildman–Crippen LogP) is 12.7. The van der Waals surface area contributed by atoms with E-state index in [2.05, 4.69) is 50.3 Å². The van der Waals surface area contributed by atoms with Crippen LogP contribution < -0.4 is 0 Å². The lowest BCUT2D eigenvalue weighted by Crippen LogP contribution is -2.37. The molecule has 0 bridgehead atoms. The van der Waals surface area contributed by atoms with E-state index in [-0.39, 0.29) is 32.0 Å². The highest BCUT2D eigenvalue weighted by atomic mass is 31.2.